The number of hydrogen-bond acceptors (Lipinski definition) is 10. The maximum absolute atomic E-state index is 13.6. The topological polar surface area (TPSA) is 138 Å². The van der Waals surface area contributed by atoms with E-state index in [1.807, 2.05) is 27.7 Å². The Morgan fingerprint density at radius 2 is 1.67 bits per heavy atom. The zero-order valence-electron chi connectivity index (χ0n) is 26.8. The zero-order chi connectivity index (χ0) is 31.9. The Hall–Kier alpha value is -2.46. The first kappa shape index (κ1) is 31.9. The van der Waals surface area contributed by atoms with Crippen LogP contribution in [0.4, 0.5) is 0 Å². The van der Waals surface area contributed by atoms with Crippen LogP contribution in [0.25, 0.3) is 0 Å². The van der Waals surface area contributed by atoms with E-state index in [1.165, 1.54) is 14.0 Å². The predicted molar refractivity (Wildman–Crippen MR) is 153 cm³/mol. The number of aliphatic hydroxyl groups is 1. The molecule has 10 heteroatoms. The lowest BCUT2D eigenvalue weighted by molar-refractivity contribution is -0.332. The van der Waals surface area contributed by atoms with Gasteiger partial charge in [0.2, 0.25) is 0 Å². The molecular weight excluding hydrogens is 556 g/mol. The normalized spacial score (nSPS) is 46.3. The van der Waals surface area contributed by atoms with E-state index in [9.17, 15) is 24.3 Å². The van der Waals surface area contributed by atoms with Crippen molar-refractivity contribution in [3.05, 3.63) is 12.2 Å². The molecule has 1 N–H and O–H groups in total. The molecule has 4 saturated carbocycles. The minimum Gasteiger partial charge on any atom is -0.469 e. The van der Waals surface area contributed by atoms with Gasteiger partial charge in [-0.3, -0.25) is 14.4 Å². The molecule has 0 unspecified atom stereocenters. The fourth-order valence-electron chi connectivity index (χ4n) is 9.58. The van der Waals surface area contributed by atoms with Gasteiger partial charge in [0.25, 0.3) is 0 Å². The Bertz CT molecular complexity index is 1230. The van der Waals surface area contributed by atoms with Crippen molar-refractivity contribution in [3.8, 4) is 0 Å². The first-order valence-corrected chi connectivity index (χ1v) is 15.7. The first-order chi connectivity index (χ1) is 19.9. The highest BCUT2D eigenvalue weighted by molar-refractivity contribution is 5.83. The van der Waals surface area contributed by atoms with Gasteiger partial charge in [-0.25, -0.2) is 4.79 Å². The number of carbonyl (C=O) groups is 4. The Balaban J connectivity index is 1.70. The van der Waals surface area contributed by atoms with E-state index in [0.29, 0.717) is 31.3 Å². The zero-order valence-corrected chi connectivity index (χ0v) is 26.8. The van der Waals surface area contributed by atoms with Crippen LogP contribution in [0.3, 0.4) is 0 Å². The minimum absolute atomic E-state index is 0.0341. The molecule has 0 aromatic heterocycles. The summed E-state index contributed by atoms with van der Waals surface area (Å²) in [5.41, 5.74) is -5.64. The summed E-state index contributed by atoms with van der Waals surface area (Å²) >= 11 is 0. The number of epoxide rings is 1. The van der Waals surface area contributed by atoms with E-state index >= 15 is 0 Å². The minimum atomic E-state index is -1.68. The van der Waals surface area contributed by atoms with Crippen LogP contribution >= 0.6 is 0 Å². The molecule has 1 heterocycles. The van der Waals surface area contributed by atoms with Gasteiger partial charge in [-0.2, -0.15) is 0 Å². The second kappa shape index (κ2) is 10.3. The smallest absolute Gasteiger partial charge is 0.341 e. The summed E-state index contributed by atoms with van der Waals surface area (Å²) in [4.78, 5) is 52.9. The van der Waals surface area contributed by atoms with Gasteiger partial charge in [-0.1, -0.05) is 27.4 Å². The highest BCUT2D eigenvalue weighted by Crippen LogP contribution is 2.75. The average molecular weight is 605 g/mol. The molecule has 43 heavy (non-hydrogen) atoms. The molecule has 0 radical (unpaired) electrons. The summed E-state index contributed by atoms with van der Waals surface area (Å²) in [5.74, 6) is -2.55. The number of ether oxygens (including phenoxy) is 5. The van der Waals surface area contributed by atoms with E-state index in [0.717, 1.165) is 0 Å². The molecular formula is C33H48O10. The molecule has 0 aromatic rings. The van der Waals surface area contributed by atoms with E-state index in [4.69, 9.17) is 23.7 Å². The summed E-state index contributed by atoms with van der Waals surface area (Å²) in [7, 11) is 1.34. The third kappa shape index (κ3) is 4.32. The molecule has 1 saturated heterocycles. The molecule has 0 aromatic carbocycles. The maximum Gasteiger partial charge on any atom is 0.341 e. The van der Waals surface area contributed by atoms with Gasteiger partial charge >= 0.3 is 23.9 Å². The SMILES string of the molecule is C=C1[C@@H]2CC[C@@]3(O)[C@]4(C)[C@H](OC(=O)[C@@]5(C)O[C@@H]5C)CC[C@@](C)(C(=O)OC)[C@H]4C[C@H](OC(=O)CC(C)C)[C@]3(C2)[C@@H]1OC(C)=O. The van der Waals surface area contributed by atoms with Crippen LogP contribution in [0.1, 0.15) is 93.4 Å². The molecule has 10 nitrogen and oxygen atoms in total. The first-order valence-electron chi connectivity index (χ1n) is 15.7. The van der Waals surface area contributed by atoms with Gasteiger partial charge < -0.3 is 28.8 Å². The lowest BCUT2D eigenvalue weighted by atomic mass is 9.37. The molecule has 5 aliphatic rings. The van der Waals surface area contributed by atoms with Crippen molar-refractivity contribution in [1.82, 2.24) is 0 Å². The molecule has 11 atom stereocenters. The van der Waals surface area contributed by atoms with Crippen molar-refractivity contribution in [1.29, 1.82) is 0 Å². The third-order valence-corrected chi connectivity index (χ3v) is 12.1. The summed E-state index contributed by atoms with van der Waals surface area (Å²) in [6, 6.07) is 0. The fourth-order valence-corrected chi connectivity index (χ4v) is 9.58. The van der Waals surface area contributed by atoms with E-state index < -0.39 is 75.6 Å². The van der Waals surface area contributed by atoms with E-state index in [2.05, 4.69) is 6.58 Å². The standard InChI is InChI=1S/C33H48O10/c1-17(2)14-25(35)41-24-15-22-29(6,27(36)39-9)12-11-23(42-28(37)31(8)19(4)43-31)30(22,7)33(38)13-10-21-16-32(24,33)26(18(21)3)40-20(5)34/h17,19,21-24,26,38H,3,10-16H2,1-2,4-9H3/t19-,21-,22-,23-,24+,26-,29-,30+,31+,32-,33-/m1/s1. The van der Waals surface area contributed by atoms with Gasteiger partial charge in [0.15, 0.2) is 5.60 Å². The van der Waals surface area contributed by atoms with Crippen LogP contribution in [0.5, 0.6) is 0 Å². The largest absolute Gasteiger partial charge is 0.469 e. The quantitative estimate of drug-likeness (QED) is 0.196. The maximum atomic E-state index is 13.6. The molecule has 1 aliphatic heterocycles. The third-order valence-electron chi connectivity index (χ3n) is 12.1. The van der Waals surface area contributed by atoms with Crippen molar-refractivity contribution in [2.75, 3.05) is 7.11 Å². The predicted octanol–water partition coefficient (Wildman–Crippen LogP) is 4.05. The number of fused-ring (bicyclic) bond motifs is 3. The van der Waals surface area contributed by atoms with Gasteiger partial charge in [0.05, 0.1) is 29.6 Å². The highest BCUT2D eigenvalue weighted by Gasteiger charge is 2.82. The number of hydrogen-bond donors (Lipinski definition) is 1. The van der Waals surface area contributed by atoms with Crippen LogP contribution < -0.4 is 0 Å². The van der Waals surface area contributed by atoms with Gasteiger partial charge in [-0.05, 0) is 82.6 Å². The van der Waals surface area contributed by atoms with Crippen molar-refractivity contribution in [3.63, 3.8) is 0 Å². The van der Waals surface area contributed by atoms with Crippen LogP contribution in [0.15, 0.2) is 12.2 Å². The van der Waals surface area contributed by atoms with Crippen LogP contribution in [0.2, 0.25) is 0 Å². The Morgan fingerprint density at radius 3 is 2.23 bits per heavy atom. The van der Waals surface area contributed by atoms with Crippen molar-refractivity contribution < 1.29 is 48.0 Å². The molecule has 1 spiro atoms. The van der Waals surface area contributed by atoms with E-state index in [-0.39, 0.29) is 37.2 Å². The highest BCUT2D eigenvalue weighted by atomic mass is 16.7. The fraction of sp³-hybridized carbons (Fsp3) is 0.818. The molecule has 2 bridgehead atoms. The summed E-state index contributed by atoms with van der Waals surface area (Å²) in [5, 5.41) is 13.4. The summed E-state index contributed by atoms with van der Waals surface area (Å²) < 4.78 is 29.5. The van der Waals surface area contributed by atoms with Crippen LogP contribution in [-0.4, -0.2) is 71.7 Å². The van der Waals surface area contributed by atoms with Crippen molar-refractivity contribution in [2.45, 2.75) is 129 Å². The number of carbonyl (C=O) groups excluding carboxylic acids is 4. The molecule has 5 rings (SSSR count). The molecule has 0 amide bonds. The Kier molecular flexibility index (Phi) is 7.65. The van der Waals surface area contributed by atoms with Gasteiger partial charge in [0, 0.05) is 18.8 Å². The van der Waals surface area contributed by atoms with Crippen LogP contribution in [-0.2, 0) is 42.9 Å². The molecule has 240 valence electrons. The van der Waals surface area contributed by atoms with E-state index in [1.54, 1.807) is 13.8 Å². The summed E-state index contributed by atoms with van der Waals surface area (Å²) in [6.45, 7) is 16.7. The Morgan fingerprint density at radius 1 is 1.02 bits per heavy atom. The number of methoxy groups -OCH3 is 1. The Labute approximate surface area is 254 Å². The number of esters is 4. The monoisotopic (exact) mass is 604 g/mol. The van der Waals surface area contributed by atoms with Crippen LogP contribution in [0, 0.1) is 34.0 Å². The second-order valence-electron chi connectivity index (χ2n) is 14.8. The van der Waals surface area contributed by atoms with Crippen molar-refractivity contribution in [2.24, 2.45) is 34.0 Å². The van der Waals surface area contributed by atoms with Gasteiger partial charge in [-0.15, -0.1) is 0 Å². The number of rotatable bonds is 7. The lowest BCUT2D eigenvalue weighted by Crippen LogP contribution is -2.78. The molecule has 5 fully saturated rings. The summed E-state index contributed by atoms with van der Waals surface area (Å²) in [6.07, 6.45) is -0.738. The molecule has 4 aliphatic carbocycles. The average Bonchev–Trinajstić information content (AvgIpc) is 3.48. The second-order valence-corrected chi connectivity index (χ2v) is 14.8. The lowest BCUT2D eigenvalue weighted by Gasteiger charge is -2.70. The van der Waals surface area contributed by atoms with Gasteiger partial charge in [0.1, 0.15) is 18.3 Å². The van der Waals surface area contributed by atoms with Crippen molar-refractivity contribution >= 4 is 23.9 Å².